The molecule has 1 aromatic carbocycles. The van der Waals surface area contributed by atoms with E-state index in [1.807, 2.05) is 0 Å². The molecule has 1 amide bonds. The molecular formula is C18H14N6O6S2. The topological polar surface area (TPSA) is 160 Å². The van der Waals surface area contributed by atoms with E-state index in [9.17, 15) is 23.3 Å². The number of nitrogens with zero attached hydrogens (tertiary/aromatic N) is 5. The summed E-state index contributed by atoms with van der Waals surface area (Å²) in [5.41, 5.74) is 0.606. The molecule has 2 aromatic rings. The highest BCUT2D eigenvalue weighted by Gasteiger charge is 2.41. The smallest absolute Gasteiger partial charge is 0.283 e. The van der Waals surface area contributed by atoms with Crippen molar-refractivity contribution in [3.05, 3.63) is 57.9 Å². The van der Waals surface area contributed by atoms with Crippen molar-refractivity contribution in [2.45, 2.75) is 0 Å². The summed E-state index contributed by atoms with van der Waals surface area (Å²) in [5.74, 6) is -0.873. The van der Waals surface area contributed by atoms with Crippen molar-refractivity contribution in [1.29, 1.82) is 5.41 Å². The molecule has 0 fully saturated rings. The first kappa shape index (κ1) is 21.5. The maximum Gasteiger partial charge on any atom is 0.283 e. The van der Waals surface area contributed by atoms with E-state index in [0.717, 1.165) is 11.2 Å². The van der Waals surface area contributed by atoms with Crippen LogP contribution in [-0.4, -0.2) is 58.3 Å². The standard InChI is InChI=1S/C18H14N6O6S2/c1-30-14-9-11(24(26)27)5-6-13(14)22-7-3-4-10(22)8-12-15(19)23-17(20-16(12)25)31-21-18(23)32(2,28)29/h3-9,19H,1-2H3/b12-8-,19-15?. The Hall–Kier alpha value is -3.78. The van der Waals surface area contributed by atoms with Crippen molar-refractivity contribution in [3.63, 3.8) is 0 Å². The van der Waals surface area contributed by atoms with Gasteiger partial charge in [-0.3, -0.25) is 20.3 Å². The molecule has 12 nitrogen and oxygen atoms in total. The highest BCUT2D eigenvalue weighted by atomic mass is 32.2. The third-order valence-corrected chi connectivity index (χ3v) is 6.29. The fourth-order valence-electron chi connectivity index (χ4n) is 3.10. The van der Waals surface area contributed by atoms with Gasteiger partial charge in [-0.1, -0.05) is 0 Å². The van der Waals surface area contributed by atoms with Gasteiger partial charge in [0.05, 0.1) is 41.3 Å². The second kappa shape index (κ2) is 7.72. The van der Waals surface area contributed by atoms with Gasteiger partial charge in [-0.25, -0.2) is 13.3 Å². The molecule has 0 unspecified atom stereocenters. The zero-order chi connectivity index (χ0) is 23.2. The second-order valence-electron chi connectivity index (χ2n) is 6.60. The molecule has 32 heavy (non-hydrogen) atoms. The maximum atomic E-state index is 12.6. The van der Waals surface area contributed by atoms with E-state index in [-0.39, 0.29) is 33.2 Å². The van der Waals surface area contributed by atoms with Crippen molar-refractivity contribution in [3.8, 4) is 11.4 Å². The third kappa shape index (κ3) is 3.58. The van der Waals surface area contributed by atoms with Crippen LogP contribution in [0.2, 0.25) is 0 Å². The lowest BCUT2D eigenvalue weighted by Crippen LogP contribution is -2.45. The van der Waals surface area contributed by atoms with Gasteiger partial charge >= 0.3 is 0 Å². The number of ether oxygens (including phenoxy) is 1. The van der Waals surface area contributed by atoms with Gasteiger partial charge in [0, 0.05) is 24.2 Å². The molecule has 3 heterocycles. The lowest BCUT2D eigenvalue weighted by atomic mass is 10.1. The van der Waals surface area contributed by atoms with Crippen molar-refractivity contribution in [2.75, 3.05) is 13.4 Å². The molecule has 0 spiro atoms. The molecule has 1 aromatic heterocycles. The number of nitrogens with one attached hydrogen (secondary N) is 1. The predicted molar refractivity (Wildman–Crippen MR) is 119 cm³/mol. The Morgan fingerprint density at radius 3 is 2.72 bits per heavy atom. The highest BCUT2D eigenvalue weighted by Crippen LogP contribution is 2.32. The van der Waals surface area contributed by atoms with Gasteiger partial charge in [0.25, 0.3) is 11.6 Å². The van der Waals surface area contributed by atoms with Crippen LogP contribution in [0.5, 0.6) is 5.75 Å². The average molecular weight is 474 g/mol. The number of nitro benzene ring substituents is 1. The van der Waals surface area contributed by atoms with Gasteiger partial charge < -0.3 is 9.30 Å². The van der Waals surface area contributed by atoms with Crippen LogP contribution >= 0.6 is 11.9 Å². The Labute approximate surface area is 185 Å². The number of amidine groups is 3. The van der Waals surface area contributed by atoms with Crippen LogP contribution in [0.1, 0.15) is 5.69 Å². The quantitative estimate of drug-likeness (QED) is 0.305. The summed E-state index contributed by atoms with van der Waals surface area (Å²) >= 11 is 0.706. The molecule has 0 bridgehead atoms. The SMILES string of the molecule is COc1cc([N+](=O)[O-])ccc1-n1cccc1/C=C1/C(=N)N2C(=NC1=O)SN=C2S(C)(=O)=O. The number of methoxy groups -OCH3 is 1. The number of sulfone groups is 1. The molecule has 0 saturated heterocycles. The molecule has 1 N–H and O–H groups in total. The Morgan fingerprint density at radius 1 is 1.31 bits per heavy atom. The van der Waals surface area contributed by atoms with Crippen LogP contribution in [0.15, 0.2) is 51.5 Å². The van der Waals surface area contributed by atoms with Crippen LogP contribution in [0.25, 0.3) is 11.8 Å². The molecule has 14 heteroatoms. The normalized spacial score (nSPS) is 17.3. The third-order valence-electron chi connectivity index (χ3n) is 4.53. The number of fused-ring (bicyclic) bond motifs is 1. The van der Waals surface area contributed by atoms with E-state index in [1.165, 1.54) is 31.4 Å². The van der Waals surface area contributed by atoms with Crippen LogP contribution in [0.3, 0.4) is 0 Å². The van der Waals surface area contributed by atoms with Gasteiger partial charge in [-0.15, -0.1) is 0 Å². The fourth-order valence-corrected chi connectivity index (χ4v) is 4.94. The van der Waals surface area contributed by atoms with E-state index in [4.69, 9.17) is 10.1 Å². The molecule has 0 saturated carbocycles. The molecule has 0 atom stereocenters. The fraction of sp³-hybridized carbons (Fsp3) is 0.111. The first-order valence-corrected chi connectivity index (χ1v) is 11.5. The number of benzene rings is 1. The molecule has 2 aliphatic heterocycles. The first-order chi connectivity index (χ1) is 15.1. The number of aliphatic imine (C=N–C) groups is 1. The Bertz CT molecular complexity index is 1390. The zero-order valence-electron chi connectivity index (χ0n) is 16.5. The summed E-state index contributed by atoms with van der Waals surface area (Å²) in [6.45, 7) is 0. The minimum absolute atomic E-state index is 0.00926. The lowest BCUT2D eigenvalue weighted by molar-refractivity contribution is -0.384. The number of hydrogen-bond donors (Lipinski definition) is 1. The van der Waals surface area contributed by atoms with Gasteiger partial charge in [0.2, 0.25) is 20.2 Å². The number of aromatic nitrogens is 1. The Balaban J connectivity index is 1.79. The lowest BCUT2D eigenvalue weighted by Gasteiger charge is -2.24. The Morgan fingerprint density at radius 2 is 2.06 bits per heavy atom. The summed E-state index contributed by atoms with van der Waals surface area (Å²) in [5, 5.41) is 19.1. The van der Waals surface area contributed by atoms with Crippen molar-refractivity contribution in [1.82, 2.24) is 9.47 Å². The van der Waals surface area contributed by atoms with E-state index >= 15 is 0 Å². The molecule has 0 radical (unpaired) electrons. The molecule has 0 aliphatic carbocycles. The van der Waals surface area contributed by atoms with Crippen LogP contribution < -0.4 is 4.74 Å². The summed E-state index contributed by atoms with van der Waals surface area (Å²) in [6.07, 6.45) is 3.99. The van der Waals surface area contributed by atoms with Crippen molar-refractivity contribution in [2.24, 2.45) is 9.39 Å². The van der Waals surface area contributed by atoms with E-state index in [0.29, 0.717) is 23.3 Å². The first-order valence-electron chi connectivity index (χ1n) is 8.81. The van der Waals surface area contributed by atoms with E-state index in [2.05, 4.69) is 9.39 Å². The molecule has 4 rings (SSSR count). The minimum atomic E-state index is -3.76. The zero-order valence-corrected chi connectivity index (χ0v) is 18.2. The molecule has 164 valence electrons. The largest absolute Gasteiger partial charge is 0.494 e. The second-order valence-corrected chi connectivity index (χ2v) is 9.23. The number of carbonyl (C=O) groups excluding carboxylic acids is 1. The number of rotatable bonds is 4. The number of amides is 1. The van der Waals surface area contributed by atoms with E-state index < -0.39 is 20.7 Å². The van der Waals surface area contributed by atoms with Gasteiger partial charge in [0.1, 0.15) is 11.6 Å². The summed E-state index contributed by atoms with van der Waals surface area (Å²) in [6, 6.07) is 7.41. The number of hydrogen-bond acceptors (Lipinski definition) is 9. The predicted octanol–water partition coefficient (Wildman–Crippen LogP) is 2.02. The Kier molecular flexibility index (Phi) is 5.18. The van der Waals surface area contributed by atoms with Crippen molar-refractivity contribution < 1.29 is 22.9 Å². The van der Waals surface area contributed by atoms with Crippen LogP contribution in [0, 0.1) is 15.5 Å². The van der Waals surface area contributed by atoms with Crippen LogP contribution in [-0.2, 0) is 14.6 Å². The van der Waals surface area contributed by atoms with Gasteiger partial charge in [-0.05, 0) is 24.3 Å². The van der Waals surface area contributed by atoms with Gasteiger partial charge in [0.15, 0.2) is 0 Å². The number of nitro groups is 1. The van der Waals surface area contributed by atoms with Crippen molar-refractivity contribution >= 4 is 55.6 Å². The number of carbonyl (C=O) groups is 1. The summed E-state index contributed by atoms with van der Waals surface area (Å²) in [4.78, 5) is 28.0. The summed E-state index contributed by atoms with van der Waals surface area (Å²) in [7, 11) is -2.39. The molecule has 2 aliphatic rings. The minimum Gasteiger partial charge on any atom is -0.494 e. The average Bonchev–Trinajstić information content (AvgIpc) is 3.37. The molecular weight excluding hydrogens is 460 g/mol. The monoisotopic (exact) mass is 474 g/mol. The van der Waals surface area contributed by atoms with Crippen LogP contribution in [0.4, 0.5) is 5.69 Å². The van der Waals surface area contributed by atoms with E-state index in [1.54, 1.807) is 22.9 Å². The maximum absolute atomic E-state index is 12.6. The highest BCUT2D eigenvalue weighted by molar-refractivity contribution is 8.16. The van der Waals surface area contributed by atoms with Gasteiger partial charge in [-0.2, -0.15) is 9.39 Å². The number of non-ortho nitro benzene ring substituents is 1. The summed E-state index contributed by atoms with van der Waals surface area (Å²) < 4.78 is 34.8.